The quantitative estimate of drug-likeness (QED) is 0.558. The Morgan fingerprint density at radius 1 is 1.09 bits per heavy atom. The summed E-state index contributed by atoms with van der Waals surface area (Å²) in [6.45, 7) is 2.43. The molecule has 3 aromatic rings. The van der Waals surface area contributed by atoms with Gasteiger partial charge in [-0.3, -0.25) is 4.79 Å². The topological polar surface area (TPSA) is 56.6 Å². The van der Waals surface area contributed by atoms with Gasteiger partial charge in [-0.1, -0.05) is 12.1 Å². The van der Waals surface area contributed by atoms with E-state index in [1.807, 2.05) is 0 Å². The van der Waals surface area contributed by atoms with E-state index in [0.29, 0.717) is 60.2 Å². The number of nitrogens with zero attached hydrogens (tertiary/aromatic N) is 3. The van der Waals surface area contributed by atoms with Gasteiger partial charge in [0.2, 0.25) is 0 Å². The van der Waals surface area contributed by atoms with E-state index in [1.54, 1.807) is 48.2 Å². The molecule has 33 heavy (non-hydrogen) atoms. The summed E-state index contributed by atoms with van der Waals surface area (Å²) in [5.74, 6) is 0.775. The highest BCUT2D eigenvalue weighted by Gasteiger charge is 2.48. The van der Waals surface area contributed by atoms with Gasteiger partial charge in [0.15, 0.2) is 5.60 Å². The zero-order chi connectivity index (χ0) is 23.4. The molecule has 6 nitrogen and oxygen atoms in total. The smallest absolute Gasteiger partial charge is 0.431 e. The van der Waals surface area contributed by atoms with Crippen LogP contribution in [-0.2, 0) is 11.8 Å². The van der Waals surface area contributed by atoms with Crippen LogP contribution in [0.15, 0.2) is 48.5 Å². The standard InChI is InChI=1S/C24H22F3N3O3/c1-15-18(32-2)8-7-16(28-15)22(31)29-13-11-23(12-14-29)20-9-10-21(24(25,26)27)30(20)17-5-3-4-6-19(17)33-23/h3-10H,11-14H2,1-2H3. The molecular formula is C24H22F3N3O3. The van der Waals surface area contributed by atoms with Gasteiger partial charge in [-0.2, -0.15) is 13.2 Å². The zero-order valence-corrected chi connectivity index (χ0v) is 18.1. The molecule has 0 saturated carbocycles. The van der Waals surface area contributed by atoms with Crippen LogP contribution in [0.25, 0.3) is 5.69 Å². The second-order valence-electron chi connectivity index (χ2n) is 8.28. The predicted octanol–water partition coefficient (Wildman–Crippen LogP) is 4.73. The Bertz CT molecular complexity index is 1230. The van der Waals surface area contributed by atoms with E-state index in [0.717, 1.165) is 6.07 Å². The van der Waals surface area contributed by atoms with Crippen molar-refractivity contribution >= 4 is 5.91 Å². The number of likely N-dealkylation sites (tertiary alicyclic amines) is 1. The van der Waals surface area contributed by atoms with Crippen LogP contribution in [-0.4, -0.2) is 40.6 Å². The number of benzene rings is 1. The molecule has 0 atom stereocenters. The van der Waals surface area contributed by atoms with Crippen molar-refractivity contribution in [1.29, 1.82) is 0 Å². The van der Waals surface area contributed by atoms with Crippen molar-refractivity contribution in [1.82, 2.24) is 14.5 Å². The fraction of sp³-hybridized carbons (Fsp3) is 0.333. The Morgan fingerprint density at radius 2 is 1.82 bits per heavy atom. The Balaban J connectivity index is 1.45. The van der Waals surface area contributed by atoms with Gasteiger partial charge < -0.3 is 18.9 Å². The summed E-state index contributed by atoms with van der Waals surface area (Å²) in [5, 5.41) is 0. The monoisotopic (exact) mass is 457 g/mol. The minimum Gasteiger partial charge on any atom is -0.495 e. The molecule has 0 bridgehead atoms. The number of rotatable bonds is 2. The molecule has 1 fully saturated rings. The Hall–Kier alpha value is -3.49. The van der Waals surface area contributed by atoms with E-state index >= 15 is 0 Å². The fourth-order valence-corrected chi connectivity index (χ4v) is 4.74. The van der Waals surface area contributed by atoms with Gasteiger partial charge in [0.1, 0.15) is 22.9 Å². The normalized spacial score (nSPS) is 16.7. The number of aromatic nitrogens is 2. The number of pyridine rings is 1. The summed E-state index contributed by atoms with van der Waals surface area (Å²) in [6.07, 6.45) is -3.77. The number of hydrogen-bond acceptors (Lipinski definition) is 4. The van der Waals surface area contributed by atoms with Gasteiger partial charge in [-0.25, -0.2) is 4.98 Å². The number of carbonyl (C=O) groups is 1. The molecule has 9 heteroatoms. The van der Waals surface area contributed by atoms with Gasteiger partial charge in [0.25, 0.3) is 5.91 Å². The first-order valence-electron chi connectivity index (χ1n) is 10.6. The van der Waals surface area contributed by atoms with Crippen LogP contribution < -0.4 is 9.47 Å². The van der Waals surface area contributed by atoms with Crippen molar-refractivity contribution in [3.63, 3.8) is 0 Å². The number of para-hydroxylation sites is 2. The molecule has 2 aliphatic rings. The Morgan fingerprint density at radius 3 is 2.48 bits per heavy atom. The number of amides is 1. The lowest BCUT2D eigenvalue weighted by Gasteiger charge is -2.45. The number of alkyl halides is 3. The average Bonchev–Trinajstić information content (AvgIpc) is 3.27. The molecule has 172 valence electrons. The first kappa shape index (κ1) is 21.4. The van der Waals surface area contributed by atoms with Gasteiger partial charge in [0.05, 0.1) is 24.2 Å². The highest BCUT2D eigenvalue weighted by molar-refractivity contribution is 5.92. The maximum Gasteiger partial charge on any atom is 0.431 e. The van der Waals surface area contributed by atoms with E-state index < -0.39 is 17.5 Å². The molecule has 0 unspecified atom stereocenters. The molecular weight excluding hydrogens is 435 g/mol. The SMILES string of the molecule is COc1ccc(C(=O)N2CCC3(CC2)Oc2ccccc2-n2c(C(F)(F)F)ccc23)nc1C. The highest BCUT2D eigenvalue weighted by atomic mass is 19.4. The maximum atomic E-state index is 13.8. The summed E-state index contributed by atoms with van der Waals surface area (Å²) < 4.78 is 54.1. The van der Waals surface area contributed by atoms with E-state index in [4.69, 9.17) is 9.47 Å². The van der Waals surface area contributed by atoms with Crippen molar-refractivity contribution in [2.75, 3.05) is 20.2 Å². The van der Waals surface area contributed by atoms with Gasteiger partial charge in [-0.05, 0) is 43.3 Å². The number of carbonyl (C=O) groups excluding carboxylic acids is 1. The Labute approximate surface area is 188 Å². The van der Waals surface area contributed by atoms with Crippen LogP contribution in [0.4, 0.5) is 13.2 Å². The minimum absolute atomic E-state index is 0.224. The van der Waals surface area contributed by atoms with Crippen LogP contribution in [0.1, 0.15) is 40.4 Å². The number of piperidine rings is 1. The Kier molecular flexibility index (Phi) is 4.88. The van der Waals surface area contributed by atoms with E-state index in [-0.39, 0.29) is 5.91 Å². The average molecular weight is 457 g/mol. The van der Waals surface area contributed by atoms with Crippen molar-refractivity contribution in [2.45, 2.75) is 31.5 Å². The van der Waals surface area contributed by atoms with Crippen LogP contribution in [0.3, 0.4) is 0 Å². The molecule has 1 spiro atoms. The van der Waals surface area contributed by atoms with Gasteiger partial charge in [-0.15, -0.1) is 0 Å². The lowest BCUT2D eigenvalue weighted by atomic mass is 9.86. The lowest BCUT2D eigenvalue weighted by Crippen LogP contribution is -2.50. The van der Waals surface area contributed by atoms with Crippen LogP contribution in [0.2, 0.25) is 0 Å². The number of fused-ring (bicyclic) bond motifs is 4. The largest absolute Gasteiger partial charge is 0.495 e. The van der Waals surface area contributed by atoms with Crippen molar-refractivity contribution in [2.24, 2.45) is 0 Å². The van der Waals surface area contributed by atoms with E-state index in [9.17, 15) is 18.0 Å². The molecule has 5 rings (SSSR count). The summed E-state index contributed by atoms with van der Waals surface area (Å²) in [6, 6.07) is 12.6. The van der Waals surface area contributed by atoms with Crippen molar-refractivity contribution in [3.8, 4) is 17.2 Å². The molecule has 1 saturated heterocycles. The summed E-state index contributed by atoms with van der Waals surface area (Å²) in [7, 11) is 1.54. The first-order chi connectivity index (χ1) is 15.7. The second-order valence-corrected chi connectivity index (χ2v) is 8.28. The van der Waals surface area contributed by atoms with Crippen LogP contribution in [0.5, 0.6) is 11.5 Å². The maximum absolute atomic E-state index is 13.8. The number of halogens is 3. The number of aryl methyl sites for hydroxylation is 1. The molecule has 0 N–H and O–H groups in total. The first-order valence-corrected chi connectivity index (χ1v) is 10.6. The molecule has 0 aliphatic carbocycles. The number of methoxy groups -OCH3 is 1. The molecule has 4 heterocycles. The van der Waals surface area contributed by atoms with E-state index in [1.165, 1.54) is 17.7 Å². The predicted molar refractivity (Wildman–Crippen MR) is 114 cm³/mol. The third kappa shape index (κ3) is 3.42. The number of ether oxygens (including phenoxy) is 2. The second kappa shape index (κ2) is 7.54. The highest BCUT2D eigenvalue weighted by Crippen LogP contribution is 2.48. The fourth-order valence-electron chi connectivity index (χ4n) is 4.74. The molecule has 2 aromatic heterocycles. The van der Waals surface area contributed by atoms with Crippen molar-refractivity contribution < 1.29 is 27.4 Å². The third-order valence-corrected chi connectivity index (χ3v) is 6.38. The lowest BCUT2D eigenvalue weighted by molar-refractivity contribution is -0.143. The summed E-state index contributed by atoms with van der Waals surface area (Å²) >= 11 is 0. The number of hydrogen-bond donors (Lipinski definition) is 0. The van der Waals surface area contributed by atoms with Crippen LogP contribution >= 0.6 is 0 Å². The van der Waals surface area contributed by atoms with E-state index in [2.05, 4.69) is 4.98 Å². The molecule has 1 aromatic carbocycles. The van der Waals surface area contributed by atoms with Gasteiger partial charge in [0, 0.05) is 25.9 Å². The molecule has 0 radical (unpaired) electrons. The molecule has 2 aliphatic heterocycles. The van der Waals surface area contributed by atoms with Gasteiger partial charge >= 0.3 is 6.18 Å². The zero-order valence-electron chi connectivity index (χ0n) is 18.1. The summed E-state index contributed by atoms with van der Waals surface area (Å²) in [5.41, 5.74) is 0.0659. The van der Waals surface area contributed by atoms with Crippen LogP contribution in [0, 0.1) is 6.92 Å². The molecule has 1 amide bonds. The third-order valence-electron chi connectivity index (χ3n) is 6.38. The minimum atomic E-state index is -4.50. The van der Waals surface area contributed by atoms with Crippen molar-refractivity contribution in [3.05, 3.63) is 71.3 Å². The summed E-state index contributed by atoms with van der Waals surface area (Å²) in [4.78, 5) is 19.0.